The molecule has 1 amide bonds. The summed E-state index contributed by atoms with van der Waals surface area (Å²) < 4.78 is 7.47. The molecule has 34 heavy (non-hydrogen) atoms. The summed E-state index contributed by atoms with van der Waals surface area (Å²) in [5.74, 6) is 0.626. The van der Waals surface area contributed by atoms with E-state index in [2.05, 4.69) is 20.4 Å². The van der Waals surface area contributed by atoms with Gasteiger partial charge in [-0.05, 0) is 48.5 Å². The number of anilines is 1. The summed E-state index contributed by atoms with van der Waals surface area (Å²) >= 11 is 7.10. The average Bonchev–Trinajstić information content (AvgIpc) is 3.40. The highest BCUT2D eigenvalue weighted by Gasteiger charge is 2.13. The van der Waals surface area contributed by atoms with Crippen molar-refractivity contribution in [3.05, 3.63) is 98.5 Å². The number of halogens is 1. The van der Waals surface area contributed by atoms with Crippen LogP contribution in [0.2, 0.25) is 5.02 Å². The van der Waals surface area contributed by atoms with Gasteiger partial charge in [0.2, 0.25) is 4.96 Å². The summed E-state index contributed by atoms with van der Waals surface area (Å²) in [5, 5.41) is 7.67. The number of nitrogens with one attached hydrogen (secondary N) is 1. The molecule has 0 unspecified atom stereocenters. The van der Waals surface area contributed by atoms with Crippen molar-refractivity contribution in [3.63, 3.8) is 0 Å². The molecular weight excluding hydrogens is 474 g/mol. The Labute approximate surface area is 202 Å². The molecule has 0 radical (unpaired) electrons. The Kier molecular flexibility index (Phi) is 6.03. The number of thiazole rings is 1. The average molecular weight is 490 g/mol. The third-order valence-electron chi connectivity index (χ3n) is 4.81. The van der Waals surface area contributed by atoms with Gasteiger partial charge in [-0.1, -0.05) is 41.1 Å². The van der Waals surface area contributed by atoms with Crippen molar-refractivity contribution in [1.82, 2.24) is 19.6 Å². The fourth-order valence-corrected chi connectivity index (χ4v) is 4.23. The van der Waals surface area contributed by atoms with Gasteiger partial charge in [0.05, 0.1) is 4.53 Å². The van der Waals surface area contributed by atoms with Crippen LogP contribution in [-0.2, 0) is 4.79 Å². The van der Waals surface area contributed by atoms with E-state index in [4.69, 9.17) is 16.3 Å². The molecule has 1 N–H and O–H groups in total. The number of benzene rings is 2. The lowest BCUT2D eigenvalue weighted by atomic mass is 10.2. The zero-order valence-electron chi connectivity index (χ0n) is 17.5. The van der Waals surface area contributed by atoms with Crippen molar-refractivity contribution in [2.75, 3.05) is 11.9 Å². The van der Waals surface area contributed by atoms with Crippen LogP contribution in [0.4, 0.5) is 5.69 Å². The number of pyridine rings is 1. The summed E-state index contributed by atoms with van der Waals surface area (Å²) in [6.07, 6.45) is 5.00. The van der Waals surface area contributed by atoms with Crippen molar-refractivity contribution in [3.8, 4) is 17.1 Å². The first-order valence-corrected chi connectivity index (χ1v) is 11.4. The van der Waals surface area contributed by atoms with Gasteiger partial charge >= 0.3 is 0 Å². The Bertz CT molecular complexity index is 1580. The van der Waals surface area contributed by atoms with Gasteiger partial charge in [0.1, 0.15) is 5.75 Å². The summed E-state index contributed by atoms with van der Waals surface area (Å²) in [6.45, 7) is -0.192. The lowest BCUT2D eigenvalue weighted by Gasteiger charge is -2.09. The molecule has 168 valence electrons. The highest BCUT2D eigenvalue weighted by Crippen LogP contribution is 2.20. The van der Waals surface area contributed by atoms with Gasteiger partial charge in [-0.15, -0.1) is 5.10 Å². The van der Waals surface area contributed by atoms with Crippen LogP contribution in [-0.4, -0.2) is 32.1 Å². The van der Waals surface area contributed by atoms with E-state index in [0.29, 0.717) is 37.3 Å². The van der Waals surface area contributed by atoms with Gasteiger partial charge in [-0.3, -0.25) is 14.6 Å². The maximum atomic E-state index is 12.9. The molecule has 10 heteroatoms. The molecule has 0 bridgehead atoms. The Morgan fingerprint density at radius 3 is 2.62 bits per heavy atom. The molecule has 5 rings (SSSR count). The molecule has 2 aromatic carbocycles. The fourth-order valence-electron chi connectivity index (χ4n) is 3.20. The van der Waals surface area contributed by atoms with Crippen molar-refractivity contribution < 1.29 is 9.53 Å². The van der Waals surface area contributed by atoms with Crippen molar-refractivity contribution >= 4 is 45.6 Å². The molecule has 0 spiro atoms. The maximum Gasteiger partial charge on any atom is 0.291 e. The Morgan fingerprint density at radius 2 is 1.85 bits per heavy atom. The Morgan fingerprint density at radius 1 is 1.09 bits per heavy atom. The van der Waals surface area contributed by atoms with E-state index < -0.39 is 0 Å². The molecule has 0 aliphatic rings. The fraction of sp³-hybridized carbons (Fsp3) is 0.0417. The smallest absolute Gasteiger partial charge is 0.291 e. The van der Waals surface area contributed by atoms with Crippen LogP contribution < -0.4 is 20.1 Å². The van der Waals surface area contributed by atoms with Crippen LogP contribution in [0.5, 0.6) is 5.75 Å². The number of carbonyl (C=O) groups is 1. The first-order valence-electron chi connectivity index (χ1n) is 10.2. The number of hydrogen-bond acceptors (Lipinski definition) is 7. The number of para-hydroxylation sites is 1. The van der Waals surface area contributed by atoms with E-state index in [0.717, 1.165) is 5.56 Å². The number of hydrogen-bond donors (Lipinski definition) is 1. The summed E-state index contributed by atoms with van der Waals surface area (Å²) in [5.41, 5.74) is 1.79. The topological polar surface area (TPSA) is 98.5 Å². The zero-order chi connectivity index (χ0) is 23.5. The quantitative estimate of drug-likeness (QED) is 0.392. The predicted octanol–water partition coefficient (Wildman–Crippen LogP) is 3.43. The highest BCUT2D eigenvalue weighted by atomic mass is 35.5. The van der Waals surface area contributed by atoms with Crippen LogP contribution in [0.1, 0.15) is 5.56 Å². The number of amides is 1. The molecule has 3 heterocycles. The van der Waals surface area contributed by atoms with Gasteiger partial charge in [0.15, 0.2) is 12.4 Å². The van der Waals surface area contributed by atoms with Crippen LogP contribution >= 0.6 is 22.9 Å². The molecule has 0 aliphatic heterocycles. The van der Waals surface area contributed by atoms with Gasteiger partial charge in [0, 0.05) is 34.2 Å². The first-order chi connectivity index (χ1) is 16.6. The lowest BCUT2D eigenvalue weighted by molar-refractivity contribution is -0.118. The van der Waals surface area contributed by atoms with E-state index in [1.807, 2.05) is 12.1 Å². The molecule has 3 aromatic heterocycles. The summed E-state index contributed by atoms with van der Waals surface area (Å²) in [6, 6.07) is 17.5. The van der Waals surface area contributed by atoms with Crippen molar-refractivity contribution in [2.24, 2.45) is 0 Å². The number of ether oxygens (including phenoxy) is 1. The Balaban J connectivity index is 1.36. The van der Waals surface area contributed by atoms with E-state index in [1.165, 1.54) is 15.9 Å². The van der Waals surface area contributed by atoms with Crippen molar-refractivity contribution in [2.45, 2.75) is 0 Å². The standard InChI is InChI=1S/C24H16ClN5O3S/c25-17-5-7-18(8-6-17)27-21(31)14-33-19-4-2-1-3-16(19)13-20-23(32)30-24(34-20)28-22(29-30)15-9-11-26-12-10-15/h1-13H,14H2,(H,27,31)/b20-13-. The highest BCUT2D eigenvalue weighted by molar-refractivity contribution is 7.15. The normalized spacial score (nSPS) is 11.6. The molecule has 0 fully saturated rings. The van der Waals surface area contributed by atoms with E-state index >= 15 is 0 Å². The number of rotatable bonds is 6. The number of aromatic nitrogens is 4. The minimum absolute atomic E-state index is 0.192. The minimum Gasteiger partial charge on any atom is -0.483 e. The monoisotopic (exact) mass is 489 g/mol. The second-order valence-corrected chi connectivity index (χ2v) is 8.61. The van der Waals surface area contributed by atoms with Gasteiger partial charge < -0.3 is 10.1 Å². The maximum absolute atomic E-state index is 12.9. The summed E-state index contributed by atoms with van der Waals surface area (Å²) in [4.78, 5) is 34.1. The molecule has 0 aliphatic carbocycles. The molecular formula is C24H16ClN5O3S. The second-order valence-electron chi connectivity index (χ2n) is 7.16. The van der Waals surface area contributed by atoms with Gasteiger partial charge in [-0.25, -0.2) is 0 Å². The number of carbonyl (C=O) groups excluding carboxylic acids is 1. The predicted molar refractivity (Wildman–Crippen MR) is 131 cm³/mol. The van der Waals surface area contributed by atoms with Crippen LogP contribution in [0, 0.1) is 0 Å². The molecule has 5 aromatic rings. The third kappa shape index (κ3) is 4.66. The second kappa shape index (κ2) is 9.42. The van der Waals surface area contributed by atoms with Crippen LogP contribution in [0.15, 0.2) is 77.9 Å². The van der Waals surface area contributed by atoms with E-state index in [1.54, 1.807) is 67.0 Å². The van der Waals surface area contributed by atoms with E-state index in [9.17, 15) is 9.59 Å². The van der Waals surface area contributed by atoms with Crippen LogP contribution in [0.25, 0.3) is 22.4 Å². The van der Waals surface area contributed by atoms with E-state index in [-0.39, 0.29) is 18.1 Å². The Hall–Kier alpha value is -4.08. The summed E-state index contributed by atoms with van der Waals surface area (Å²) in [7, 11) is 0. The molecule has 8 nitrogen and oxygen atoms in total. The van der Waals surface area contributed by atoms with Gasteiger partial charge in [0.25, 0.3) is 11.5 Å². The molecule has 0 saturated heterocycles. The first kappa shape index (κ1) is 21.7. The lowest BCUT2D eigenvalue weighted by Crippen LogP contribution is -2.24. The SMILES string of the molecule is O=C(COc1ccccc1/C=c1\sc2nc(-c3ccncc3)nn2c1=O)Nc1ccc(Cl)cc1. The minimum atomic E-state index is -0.316. The number of nitrogens with zero attached hydrogens (tertiary/aromatic N) is 4. The largest absolute Gasteiger partial charge is 0.483 e. The van der Waals surface area contributed by atoms with Crippen LogP contribution in [0.3, 0.4) is 0 Å². The van der Waals surface area contributed by atoms with Gasteiger partial charge in [-0.2, -0.15) is 9.50 Å². The molecule has 0 atom stereocenters. The number of fused-ring (bicyclic) bond motifs is 1. The van der Waals surface area contributed by atoms with Crippen molar-refractivity contribution in [1.29, 1.82) is 0 Å². The zero-order valence-corrected chi connectivity index (χ0v) is 19.1. The third-order valence-corrected chi connectivity index (χ3v) is 6.02. The molecule has 0 saturated carbocycles.